The Hall–Kier alpha value is -1.02. The van der Waals surface area contributed by atoms with Gasteiger partial charge in [0, 0.05) is 12.4 Å². The monoisotopic (exact) mass is 220 g/mol. The molecule has 0 atom stereocenters. The molecule has 1 saturated carbocycles. The topological polar surface area (TPSA) is 17.3 Å². The highest BCUT2D eigenvalue weighted by atomic mass is 35.5. The predicted octanol–water partition coefficient (Wildman–Crippen LogP) is 3.26. The first-order chi connectivity index (χ1) is 7.29. The van der Waals surface area contributed by atoms with E-state index in [9.17, 15) is 0 Å². The van der Waals surface area contributed by atoms with Crippen molar-refractivity contribution in [3.05, 3.63) is 35.3 Å². The maximum Gasteiger partial charge on any atom is 0.140 e. The Morgan fingerprint density at radius 1 is 1.53 bits per heavy atom. The minimum atomic E-state index is 0.486. The highest BCUT2D eigenvalue weighted by Crippen LogP contribution is 2.42. The van der Waals surface area contributed by atoms with Crippen LogP contribution in [0.2, 0.25) is 0 Å². The molecule has 0 radical (unpaired) electrons. The van der Waals surface area contributed by atoms with Gasteiger partial charge in [0.25, 0.3) is 0 Å². The minimum absolute atomic E-state index is 0.486. The predicted molar refractivity (Wildman–Crippen MR) is 61.5 cm³/mol. The summed E-state index contributed by atoms with van der Waals surface area (Å²) in [6, 6.07) is 2.22. The number of imidazole rings is 1. The maximum absolute atomic E-state index is 5.79. The Kier molecular flexibility index (Phi) is 1.99. The van der Waals surface area contributed by atoms with Crippen LogP contribution in [0.1, 0.15) is 35.6 Å². The normalized spacial score (nSPS) is 16.1. The average Bonchev–Trinajstić information content (AvgIpc) is 2.97. The summed E-state index contributed by atoms with van der Waals surface area (Å²) in [7, 11) is 0. The van der Waals surface area contributed by atoms with E-state index >= 15 is 0 Å². The summed E-state index contributed by atoms with van der Waals surface area (Å²) in [4.78, 5) is 4.53. The molecule has 2 heterocycles. The largest absolute Gasteiger partial charge is 0.307 e. The van der Waals surface area contributed by atoms with Crippen LogP contribution in [0.3, 0.4) is 0 Å². The fourth-order valence-corrected chi connectivity index (χ4v) is 2.28. The SMILES string of the molecule is Cc1c(C2CC2)ccn2cc(CCl)nc12. The Labute approximate surface area is 93.9 Å². The van der Waals surface area contributed by atoms with Crippen LogP contribution >= 0.6 is 11.6 Å². The molecule has 0 bridgehead atoms. The highest BCUT2D eigenvalue weighted by Gasteiger charge is 2.26. The van der Waals surface area contributed by atoms with Gasteiger partial charge in [-0.25, -0.2) is 4.98 Å². The van der Waals surface area contributed by atoms with Crippen molar-refractivity contribution in [2.45, 2.75) is 31.6 Å². The summed E-state index contributed by atoms with van der Waals surface area (Å²) in [6.45, 7) is 2.16. The number of rotatable bonds is 2. The van der Waals surface area contributed by atoms with Gasteiger partial charge in [-0.05, 0) is 42.9 Å². The number of aromatic nitrogens is 2. The molecule has 0 unspecified atom stereocenters. The van der Waals surface area contributed by atoms with Crippen LogP contribution in [-0.4, -0.2) is 9.38 Å². The number of hydrogen-bond acceptors (Lipinski definition) is 1. The molecule has 1 aliphatic rings. The first kappa shape index (κ1) is 9.22. The number of nitrogens with zero attached hydrogens (tertiary/aromatic N) is 2. The van der Waals surface area contributed by atoms with Gasteiger partial charge < -0.3 is 4.40 Å². The van der Waals surface area contributed by atoms with Gasteiger partial charge in [0.2, 0.25) is 0 Å². The van der Waals surface area contributed by atoms with Gasteiger partial charge in [0.05, 0.1) is 11.6 Å². The van der Waals surface area contributed by atoms with E-state index in [-0.39, 0.29) is 0 Å². The smallest absolute Gasteiger partial charge is 0.140 e. The van der Waals surface area contributed by atoms with Crippen LogP contribution in [0.25, 0.3) is 5.65 Å². The number of alkyl halides is 1. The van der Waals surface area contributed by atoms with Crippen LogP contribution in [0.15, 0.2) is 18.5 Å². The van der Waals surface area contributed by atoms with Gasteiger partial charge in [-0.2, -0.15) is 0 Å². The fourth-order valence-electron chi connectivity index (χ4n) is 2.15. The Morgan fingerprint density at radius 2 is 2.33 bits per heavy atom. The van der Waals surface area contributed by atoms with Gasteiger partial charge >= 0.3 is 0 Å². The lowest BCUT2D eigenvalue weighted by atomic mass is 10.1. The number of aryl methyl sites for hydroxylation is 1. The van der Waals surface area contributed by atoms with E-state index in [1.54, 1.807) is 0 Å². The second kappa shape index (κ2) is 3.24. The molecular weight excluding hydrogens is 208 g/mol. The van der Waals surface area contributed by atoms with Crippen LogP contribution in [-0.2, 0) is 5.88 Å². The van der Waals surface area contributed by atoms with E-state index in [2.05, 4.69) is 28.6 Å². The molecule has 2 aromatic heterocycles. The molecule has 3 heteroatoms. The fraction of sp³-hybridized carbons (Fsp3) is 0.417. The number of fused-ring (bicyclic) bond motifs is 1. The summed E-state index contributed by atoms with van der Waals surface area (Å²) >= 11 is 5.79. The molecule has 3 rings (SSSR count). The molecule has 0 spiro atoms. The summed E-state index contributed by atoms with van der Waals surface area (Å²) in [5.41, 5.74) is 4.80. The molecule has 1 fully saturated rings. The van der Waals surface area contributed by atoms with Crippen molar-refractivity contribution in [2.75, 3.05) is 0 Å². The maximum atomic E-state index is 5.79. The van der Waals surface area contributed by atoms with Crippen molar-refractivity contribution in [3.8, 4) is 0 Å². The van der Waals surface area contributed by atoms with Crippen molar-refractivity contribution in [1.29, 1.82) is 0 Å². The second-order valence-electron chi connectivity index (χ2n) is 4.27. The zero-order valence-corrected chi connectivity index (χ0v) is 9.46. The lowest BCUT2D eigenvalue weighted by molar-refractivity contribution is 1.06. The third-order valence-electron chi connectivity index (χ3n) is 3.12. The van der Waals surface area contributed by atoms with E-state index in [0.29, 0.717) is 5.88 Å². The van der Waals surface area contributed by atoms with Crippen molar-refractivity contribution < 1.29 is 0 Å². The van der Waals surface area contributed by atoms with Crippen molar-refractivity contribution >= 4 is 17.2 Å². The van der Waals surface area contributed by atoms with Gasteiger partial charge in [0.15, 0.2) is 0 Å². The van der Waals surface area contributed by atoms with E-state index in [0.717, 1.165) is 17.3 Å². The standard InChI is InChI=1S/C12H13ClN2/c1-8-11(9-2-3-9)4-5-15-7-10(6-13)14-12(8)15/h4-5,7,9H,2-3,6H2,1H3. The molecule has 2 nitrogen and oxygen atoms in total. The summed E-state index contributed by atoms with van der Waals surface area (Å²) in [5.74, 6) is 1.27. The minimum Gasteiger partial charge on any atom is -0.307 e. The van der Waals surface area contributed by atoms with Gasteiger partial charge in [-0.1, -0.05) is 0 Å². The molecule has 15 heavy (non-hydrogen) atoms. The van der Waals surface area contributed by atoms with Gasteiger partial charge in [-0.15, -0.1) is 11.6 Å². The number of halogens is 1. The quantitative estimate of drug-likeness (QED) is 0.711. The highest BCUT2D eigenvalue weighted by molar-refractivity contribution is 6.16. The van der Waals surface area contributed by atoms with E-state index < -0.39 is 0 Å². The first-order valence-electron chi connectivity index (χ1n) is 5.32. The van der Waals surface area contributed by atoms with E-state index in [4.69, 9.17) is 11.6 Å². The van der Waals surface area contributed by atoms with Crippen LogP contribution in [0.5, 0.6) is 0 Å². The van der Waals surface area contributed by atoms with E-state index in [1.165, 1.54) is 24.0 Å². The summed E-state index contributed by atoms with van der Waals surface area (Å²) < 4.78 is 2.07. The number of pyridine rings is 1. The van der Waals surface area contributed by atoms with Gasteiger partial charge in [-0.3, -0.25) is 0 Å². The van der Waals surface area contributed by atoms with Gasteiger partial charge in [0.1, 0.15) is 5.65 Å². The third-order valence-corrected chi connectivity index (χ3v) is 3.39. The number of hydrogen-bond donors (Lipinski definition) is 0. The third kappa shape index (κ3) is 1.44. The molecule has 0 aromatic carbocycles. The van der Waals surface area contributed by atoms with Crippen molar-refractivity contribution in [1.82, 2.24) is 9.38 Å². The Balaban J connectivity index is 2.21. The van der Waals surface area contributed by atoms with Crippen molar-refractivity contribution in [2.24, 2.45) is 0 Å². The molecule has 0 saturated heterocycles. The average molecular weight is 221 g/mol. The molecule has 1 aliphatic carbocycles. The molecule has 2 aromatic rings. The zero-order valence-electron chi connectivity index (χ0n) is 8.70. The molecule has 0 N–H and O–H groups in total. The lowest BCUT2D eigenvalue weighted by Crippen LogP contribution is -1.92. The van der Waals surface area contributed by atoms with Crippen LogP contribution in [0.4, 0.5) is 0 Å². The first-order valence-corrected chi connectivity index (χ1v) is 5.86. The summed E-state index contributed by atoms with van der Waals surface area (Å²) in [6.07, 6.45) is 6.77. The lowest BCUT2D eigenvalue weighted by Gasteiger charge is -2.04. The zero-order chi connectivity index (χ0) is 10.4. The Morgan fingerprint density at radius 3 is 3.00 bits per heavy atom. The van der Waals surface area contributed by atoms with E-state index in [1.807, 2.05) is 6.20 Å². The molecule has 78 valence electrons. The summed E-state index contributed by atoms with van der Waals surface area (Å²) in [5, 5.41) is 0. The van der Waals surface area contributed by atoms with Crippen molar-refractivity contribution in [3.63, 3.8) is 0 Å². The molecule has 0 amide bonds. The Bertz CT molecular complexity index is 512. The van der Waals surface area contributed by atoms with Crippen LogP contribution in [0, 0.1) is 6.92 Å². The van der Waals surface area contributed by atoms with Crippen LogP contribution < -0.4 is 0 Å². The second-order valence-corrected chi connectivity index (χ2v) is 4.53. The molecule has 0 aliphatic heterocycles. The molecular formula is C12H13ClN2.